The van der Waals surface area contributed by atoms with Gasteiger partial charge in [0.15, 0.2) is 5.76 Å². The van der Waals surface area contributed by atoms with E-state index in [9.17, 15) is 4.79 Å². The van der Waals surface area contributed by atoms with Crippen LogP contribution >= 0.6 is 0 Å². The average Bonchev–Trinajstić information content (AvgIpc) is 2.76. The number of rotatable bonds is 8. The summed E-state index contributed by atoms with van der Waals surface area (Å²) in [6, 6.07) is 1.91. The molecule has 114 valence electrons. The number of amides is 1. The van der Waals surface area contributed by atoms with E-state index in [0.717, 1.165) is 37.4 Å². The second-order valence-corrected chi connectivity index (χ2v) is 5.28. The summed E-state index contributed by atoms with van der Waals surface area (Å²) >= 11 is 0. The lowest BCUT2D eigenvalue weighted by Crippen LogP contribution is -2.32. The number of nitrogens with zero attached hydrogens (tertiary/aromatic N) is 2. The van der Waals surface area contributed by atoms with E-state index in [1.807, 2.05) is 13.0 Å². The average molecular weight is 282 g/mol. The highest BCUT2D eigenvalue weighted by atomic mass is 16.4. The number of furan rings is 1. The summed E-state index contributed by atoms with van der Waals surface area (Å²) in [6.45, 7) is 7.69. The van der Waals surface area contributed by atoms with Gasteiger partial charge < -0.3 is 9.32 Å². The van der Waals surface area contributed by atoms with E-state index < -0.39 is 0 Å². The first kappa shape index (κ1) is 16.7. The van der Waals surface area contributed by atoms with E-state index in [1.54, 1.807) is 0 Å². The molecule has 0 aromatic carbocycles. The molecule has 0 bridgehead atoms. The third-order valence-corrected chi connectivity index (χ3v) is 3.09. The second kappa shape index (κ2) is 8.04. The number of carbonyl (C=O) groups is 1. The van der Waals surface area contributed by atoms with Crippen LogP contribution in [0.25, 0.3) is 0 Å². The van der Waals surface area contributed by atoms with Crippen LogP contribution in [0.1, 0.15) is 35.2 Å². The van der Waals surface area contributed by atoms with Gasteiger partial charge >= 0.3 is 5.91 Å². The molecule has 0 fully saturated rings. The molecule has 0 aliphatic rings. The van der Waals surface area contributed by atoms with Crippen LogP contribution in [-0.4, -0.2) is 49.4 Å². The highest BCUT2D eigenvalue weighted by Gasteiger charge is 2.16. The number of carbonyl (C=O) groups excluding carboxylic acids is 1. The summed E-state index contributed by atoms with van der Waals surface area (Å²) in [5.74, 6) is 5.85. The van der Waals surface area contributed by atoms with E-state index in [1.165, 1.54) is 0 Å². The Balaban J connectivity index is 2.70. The zero-order valence-corrected chi connectivity index (χ0v) is 12.9. The van der Waals surface area contributed by atoms with Crippen molar-refractivity contribution in [2.45, 2.75) is 26.8 Å². The van der Waals surface area contributed by atoms with Crippen molar-refractivity contribution >= 4 is 5.91 Å². The minimum absolute atomic E-state index is 0.298. The second-order valence-electron chi connectivity index (χ2n) is 5.28. The fourth-order valence-electron chi connectivity index (χ4n) is 2.06. The van der Waals surface area contributed by atoms with Gasteiger partial charge in [0.25, 0.3) is 0 Å². The first-order valence-corrected chi connectivity index (χ1v) is 6.95. The van der Waals surface area contributed by atoms with Gasteiger partial charge in [-0.2, -0.15) is 0 Å². The van der Waals surface area contributed by atoms with Gasteiger partial charge in [-0.05, 0) is 40.1 Å². The smallest absolute Gasteiger partial charge is 0.301 e. The highest BCUT2D eigenvalue weighted by Crippen LogP contribution is 2.16. The molecule has 0 radical (unpaired) electrons. The van der Waals surface area contributed by atoms with Crippen molar-refractivity contribution in [1.29, 1.82) is 0 Å². The lowest BCUT2D eigenvalue weighted by molar-refractivity contribution is 0.0921. The zero-order chi connectivity index (χ0) is 15.1. The maximum atomic E-state index is 11.5. The first-order valence-electron chi connectivity index (χ1n) is 6.95. The van der Waals surface area contributed by atoms with Crippen molar-refractivity contribution in [3.05, 3.63) is 23.2 Å². The van der Waals surface area contributed by atoms with Gasteiger partial charge in [0.2, 0.25) is 0 Å². The SMILES string of the molecule is CCCN(CCN(C)C)Cc1cc(C)c(C(=O)NN)o1. The number of nitrogens with one attached hydrogen (secondary N) is 1. The Labute approximate surface area is 120 Å². The number of hydrogen-bond donors (Lipinski definition) is 2. The Morgan fingerprint density at radius 3 is 2.60 bits per heavy atom. The third-order valence-electron chi connectivity index (χ3n) is 3.09. The van der Waals surface area contributed by atoms with Crippen molar-refractivity contribution in [3.63, 3.8) is 0 Å². The van der Waals surface area contributed by atoms with Crippen LogP contribution in [0.15, 0.2) is 10.5 Å². The summed E-state index contributed by atoms with van der Waals surface area (Å²) in [5.41, 5.74) is 2.91. The van der Waals surface area contributed by atoms with Crippen molar-refractivity contribution in [2.75, 3.05) is 33.7 Å². The maximum Gasteiger partial charge on any atom is 0.301 e. The molecule has 0 atom stereocenters. The normalized spacial score (nSPS) is 11.3. The summed E-state index contributed by atoms with van der Waals surface area (Å²) < 4.78 is 5.60. The number of aryl methyl sites for hydroxylation is 1. The maximum absolute atomic E-state index is 11.5. The van der Waals surface area contributed by atoms with Gasteiger partial charge in [-0.15, -0.1) is 0 Å². The standard InChI is InChI=1S/C14H26N4O2/c1-5-6-18(8-7-17(3)4)10-12-9-11(2)13(20-12)14(19)16-15/h9H,5-8,10,15H2,1-4H3,(H,16,19). The summed E-state index contributed by atoms with van der Waals surface area (Å²) in [6.07, 6.45) is 1.09. The van der Waals surface area contributed by atoms with E-state index in [-0.39, 0.29) is 5.91 Å². The first-order chi connectivity index (χ1) is 9.47. The van der Waals surface area contributed by atoms with Crippen LogP contribution < -0.4 is 11.3 Å². The van der Waals surface area contributed by atoms with E-state index in [0.29, 0.717) is 12.3 Å². The molecule has 6 heteroatoms. The Morgan fingerprint density at radius 2 is 2.05 bits per heavy atom. The number of likely N-dealkylation sites (N-methyl/N-ethyl adjacent to an activating group) is 1. The van der Waals surface area contributed by atoms with Crippen LogP contribution in [0.3, 0.4) is 0 Å². The zero-order valence-electron chi connectivity index (χ0n) is 12.9. The van der Waals surface area contributed by atoms with Gasteiger partial charge in [0.1, 0.15) is 5.76 Å². The van der Waals surface area contributed by atoms with Crippen molar-refractivity contribution in [1.82, 2.24) is 15.2 Å². The number of hydrazine groups is 1. The molecule has 0 saturated carbocycles. The van der Waals surface area contributed by atoms with Gasteiger partial charge in [0, 0.05) is 18.7 Å². The van der Waals surface area contributed by atoms with E-state index >= 15 is 0 Å². The van der Waals surface area contributed by atoms with E-state index in [2.05, 4.69) is 36.2 Å². The quantitative estimate of drug-likeness (QED) is 0.422. The molecule has 20 heavy (non-hydrogen) atoms. The molecule has 0 aliphatic heterocycles. The minimum atomic E-state index is -0.385. The molecule has 1 heterocycles. The molecule has 0 unspecified atom stereocenters. The van der Waals surface area contributed by atoms with Crippen molar-refractivity contribution < 1.29 is 9.21 Å². The fraction of sp³-hybridized carbons (Fsp3) is 0.643. The molecule has 3 N–H and O–H groups in total. The van der Waals surface area contributed by atoms with Crippen LogP contribution in [0, 0.1) is 6.92 Å². The molecule has 0 saturated heterocycles. The molecule has 1 aromatic heterocycles. The number of nitrogens with two attached hydrogens (primary N) is 1. The molecule has 1 aromatic rings. The molecule has 6 nitrogen and oxygen atoms in total. The Morgan fingerprint density at radius 1 is 1.35 bits per heavy atom. The summed E-state index contributed by atoms with van der Waals surface area (Å²) in [5, 5.41) is 0. The van der Waals surface area contributed by atoms with Crippen LogP contribution in [-0.2, 0) is 6.54 Å². The third kappa shape index (κ3) is 4.96. The van der Waals surface area contributed by atoms with Gasteiger partial charge in [-0.1, -0.05) is 6.92 Å². The minimum Gasteiger partial charge on any atom is -0.454 e. The van der Waals surface area contributed by atoms with Crippen LogP contribution in [0.2, 0.25) is 0 Å². The predicted molar refractivity (Wildman–Crippen MR) is 79.2 cm³/mol. The molecule has 0 aliphatic carbocycles. The predicted octanol–water partition coefficient (Wildman–Crippen LogP) is 0.965. The summed E-state index contributed by atoms with van der Waals surface area (Å²) in [7, 11) is 4.12. The number of nitrogen functional groups attached to an aromatic ring is 1. The monoisotopic (exact) mass is 282 g/mol. The van der Waals surface area contributed by atoms with Gasteiger partial charge in [-0.25, -0.2) is 5.84 Å². The lowest BCUT2D eigenvalue weighted by Gasteiger charge is -2.22. The molecule has 0 spiro atoms. The fourth-order valence-corrected chi connectivity index (χ4v) is 2.06. The Kier molecular flexibility index (Phi) is 6.70. The van der Waals surface area contributed by atoms with Crippen molar-refractivity contribution in [3.8, 4) is 0 Å². The molecule has 1 amide bonds. The van der Waals surface area contributed by atoms with E-state index in [4.69, 9.17) is 10.3 Å². The van der Waals surface area contributed by atoms with Gasteiger partial charge in [-0.3, -0.25) is 15.1 Å². The topological polar surface area (TPSA) is 74.7 Å². The van der Waals surface area contributed by atoms with Crippen molar-refractivity contribution in [2.24, 2.45) is 5.84 Å². The van der Waals surface area contributed by atoms with Crippen LogP contribution in [0.5, 0.6) is 0 Å². The van der Waals surface area contributed by atoms with Crippen LogP contribution in [0.4, 0.5) is 0 Å². The summed E-state index contributed by atoms with van der Waals surface area (Å²) in [4.78, 5) is 16.0. The number of hydrogen-bond acceptors (Lipinski definition) is 5. The molecular weight excluding hydrogens is 256 g/mol. The molecule has 1 rings (SSSR count). The van der Waals surface area contributed by atoms with Gasteiger partial charge in [0.05, 0.1) is 6.54 Å². The molecular formula is C14H26N4O2. The highest BCUT2D eigenvalue weighted by molar-refractivity contribution is 5.92. The Bertz CT molecular complexity index is 429. The Hall–Kier alpha value is -1.37. The largest absolute Gasteiger partial charge is 0.454 e. The lowest BCUT2D eigenvalue weighted by atomic mass is 10.2.